The van der Waals surface area contributed by atoms with Gasteiger partial charge in [-0.25, -0.2) is 12.7 Å². The van der Waals surface area contributed by atoms with Crippen molar-refractivity contribution < 1.29 is 21.6 Å². The van der Waals surface area contributed by atoms with Gasteiger partial charge in [0.15, 0.2) is 5.82 Å². The van der Waals surface area contributed by atoms with E-state index in [9.17, 15) is 21.6 Å². The Balaban J connectivity index is 1.98. The number of alkyl halides is 3. The summed E-state index contributed by atoms with van der Waals surface area (Å²) < 4.78 is 68.6. The lowest BCUT2D eigenvalue weighted by Gasteiger charge is -2.20. The zero-order valence-electron chi connectivity index (χ0n) is 13.0. The van der Waals surface area contributed by atoms with E-state index in [-0.39, 0.29) is 12.4 Å². The fourth-order valence-electron chi connectivity index (χ4n) is 2.37. The maximum absolute atomic E-state index is 12.7. The van der Waals surface area contributed by atoms with E-state index in [1.54, 1.807) is 12.1 Å². The van der Waals surface area contributed by atoms with Crippen LogP contribution in [0.5, 0.6) is 0 Å². The third kappa shape index (κ3) is 3.77. The quantitative estimate of drug-likeness (QED) is 0.672. The highest BCUT2D eigenvalue weighted by atomic mass is 32.2. The van der Waals surface area contributed by atoms with Crippen molar-refractivity contribution in [2.45, 2.75) is 12.7 Å². The van der Waals surface area contributed by atoms with Crippen LogP contribution in [0.15, 0.2) is 48.5 Å². The lowest BCUT2D eigenvalue weighted by Crippen LogP contribution is -2.29. The van der Waals surface area contributed by atoms with E-state index >= 15 is 0 Å². The Bertz CT molecular complexity index is 996. The first-order chi connectivity index (χ1) is 11.7. The monoisotopic (exact) mass is 386 g/mol. The molecule has 0 amide bonds. The van der Waals surface area contributed by atoms with Crippen LogP contribution in [0, 0.1) is 0 Å². The summed E-state index contributed by atoms with van der Waals surface area (Å²) >= 11 is 1.17. The summed E-state index contributed by atoms with van der Waals surface area (Å²) in [5, 5.41) is 0.685. The van der Waals surface area contributed by atoms with Crippen molar-refractivity contribution in [3.63, 3.8) is 0 Å². The summed E-state index contributed by atoms with van der Waals surface area (Å²) in [6.45, 7) is -0.0926. The molecule has 0 saturated carbocycles. The molecule has 0 aliphatic carbocycles. The van der Waals surface area contributed by atoms with Gasteiger partial charge in [-0.15, -0.1) is 0 Å². The van der Waals surface area contributed by atoms with Crippen LogP contribution in [-0.2, 0) is 22.7 Å². The Labute approximate surface area is 146 Å². The standard InChI is InChI=1S/C16H13F3N2O2S2/c1-25(22,23)21(15-13-4-2-3-5-14(13)24-20-15)10-11-6-8-12(9-7-11)16(17,18)19/h2-9H,10H2,1H3. The number of hydrogen-bond donors (Lipinski definition) is 0. The van der Waals surface area contributed by atoms with Gasteiger partial charge in [0.1, 0.15) is 0 Å². The average Bonchev–Trinajstić information content (AvgIpc) is 2.95. The second kappa shape index (κ2) is 6.30. The molecule has 1 heterocycles. The van der Waals surface area contributed by atoms with Crippen LogP contribution in [0.2, 0.25) is 0 Å². The molecule has 132 valence electrons. The zero-order valence-corrected chi connectivity index (χ0v) is 14.6. The molecule has 9 heteroatoms. The van der Waals surface area contributed by atoms with Crippen LogP contribution >= 0.6 is 11.5 Å². The van der Waals surface area contributed by atoms with Crippen molar-refractivity contribution in [3.8, 4) is 0 Å². The van der Waals surface area contributed by atoms with Crippen molar-refractivity contribution in [3.05, 3.63) is 59.7 Å². The molecular formula is C16H13F3N2O2S2. The third-order valence-electron chi connectivity index (χ3n) is 3.60. The maximum Gasteiger partial charge on any atom is 0.416 e. The second-order valence-electron chi connectivity index (χ2n) is 5.47. The van der Waals surface area contributed by atoms with Crippen LogP contribution in [0.3, 0.4) is 0 Å². The minimum absolute atomic E-state index is 0.0926. The van der Waals surface area contributed by atoms with Crippen molar-refractivity contribution in [2.75, 3.05) is 10.6 Å². The number of halogens is 3. The summed E-state index contributed by atoms with van der Waals surface area (Å²) in [7, 11) is -3.66. The highest BCUT2D eigenvalue weighted by molar-refractivity contribution is 7.92. The fraction of sp³-hybridized carbons (Fsp3) is 0.188. The predicted molar refractivity (Wildman–Crippen MR) is 92.1 cm³/mol. The van der Waals surface area contributed by atoms with Gasteiger partial charge in [-0.1, -0.05) is 24.3 Å². The molecule has 1 aromatic heterocycles. The molecule has 0 spiro atoms. The number of anilines is 1. The molecule has 0 aliphatic heterocycles. The van der Waals surface area contributed by atoms with Gasteiger partial charge in [0.05, 0.1) is 23.1 Å². The molecule has 0 saturated heterocycles. The highest BCUT2D eigenvalue weighted by Gasteiger charge is 2.30. The SMILES string of the molecule is CS(=O)(=O)N(Cc1ccc(C(F)(F)F)cc1)c1nsc2ccccc12. The van der Waals surface area contributed by atoms with E-state index in [1.807, 2.05) is 12.1 Å². The number of fused-ring (bicyclic) bond motifs is 1. The second-order valence-corrected chi connectivity index (χ2v) is 8.18. The smallest absolute Gasteiger partial charge is 0.248 e. The Morgan fingerprint density at radius 2 is 1.72 bits per heavy atom. The first-order valence-corrected chi connectivity index (χ1v) is 9.77. The van der Waals surface area contributed by atoms with Gasteiger partial charge in [0.2, 0.25) is 10.0 Å². The molecule has 3 rings (SSSR count). The fourth-order valence-corrected chi connectivity index (χ4v) is 4.03. The number of hydrogen-bond acceptors (Lipinski definition) is 4. The van der Waals surface area contributed by atoms with Crippen molar-refractivity contribution in [1.82, 2.24) is 4.37 Å². The minimum atomic E-state index is -4.43. The molecule has 0 N–H and O–H groups in total. The molecule has 25 heavy (non-hydrogen) atoms. The Morgan fingerprint density at radius 1 is 1.08 bits per heavy atom. The highest BCUT2D eigenvalue weighted by Crippen LogP contribution is 2.33. The number of rotatable bonds is 4. The van der Waals surface area contributed by atoms with E-state index < -0.39 is 21.8 Å². The summed E-state index contributed by atoms with van der Waals surface area (Å²) in [4.78, 5) is 0. The summed E-state index contributed by atoms with van der Waals surface area (Å²) in [5.41, 5.74) is -0.336. The van der Waals surface area contributed by atoms with Crippen LogP contribution in [0.25, 0.3) is 10.1 Å². The van der Waals surface area contributed by atoms with E-state index in [1.165, 1.54) is 23.7 Å². The lowest BCUT2D eigenvalue weighted by atomic mass is 10.1. The van der Waals surface area contributed by atoms with Gasteiger partial charge < -0.3 is 0 Å². The number of sulfonamides is 1. The van der Waals surface area contributed by atoms with Crippen LogP contribution in [-0.4, -0.2) is 19.0 Å². The Morgan fingerprint density at radius 3 is 2.32 bits per heavy atom. The molecule has 0 atom stereocenters. The Hall–Kier alpha value is -2.13. The first-order valence-electron chi connectivity index (χ1n) is 7.14. The molecule has 0 bridgehead atoms. The van der Waals surface area contributed by atoms with E-state index in [2.05, 4.69) is 4.37 Å². The summed E-state index contributed by atoms with van der Waals surface area (Å²) in [6, 6.07) is 11.6. The predicted octanol–water partition coefficient (Wildman–Crippen LogP) is 4.28. The molecule has 0 aliphatic rings. The van der Waals surface area contributed by atoms with Gasteiger partial charge >= 0.3 is 6.18 Å². The normalized spacial score (nSPS) is 12.5. The van der Waals surface area contributed by atoms with E-state index in [0.29, 0.717) is 10.9 Å². The van der Waals surface area contributed by atoms with Crippen molar-refractivity contribution in [1.29, 1.82) is 0 Å². The van der Waals surface area contributed by atoms with Gasteiger partial charge in [0.25, 0.3) is 0 Å². The zero-order chi connectivity index (χ0) is 18.2. The molecular weight excluding hydrogens is 373 g/mol. The first kappa shape index (κ1) is 17.7. The number of benzene rings is 2. The van der Waals surface area contributed by atoms with E-state index in [0.717, 1.165) is 27.4 Å². The molecule has 4 nitrogen and oxygen atoms in total. The average molecular weight is 386 g/mol. The molecule has 0 fully saturated rings. The van der Waals surface area contributed by atoms with Gasteiger partial charge in [-0.05, 0) is 41.4 Å². The van der Waals surface area contributed by atoms with Crippen molar-refractivity contribution in [2.24, 2.45) is 0 Å². The summed E-state index contributed by atoms with van der Waals surface area (Å²) in [5.74, 6) is 0.281. The molecule has 0 radical (unpaired) electrons. The van der Waals surface area contributed by atoms with Gasteiger partial charge in [0, 0.05) is 5.39 Å². The number of nitrogens with zero attached hydrogens (tertiary/aromatic N) is 2. The largest absolute Gasteiger partial charge is 0.416 e. The summed E-state index contributed by atoms with van der Waals surface area (Å²) in [6.07, 6.45) is -3.38. The van der Waals surface area contributed by atoms with Crippen LogP contribution in [0.4, 0.5) is 19.0 Å². The number of aromatic nitrogens is 1. The van der Waals surface area contributed by atoms with Crippen LogP contribution < -0.4 is 4.31 Å². The minimum Gasteiger partial charge on any atom is -0.248 e. The molecule has 3 aromatic rings. The van der Waals surface area contributed by atoms with Crippen LogP contribution in [0.1, 0.15) is 11.1 Å². The van der Waals surface area contributed by atoms with E-state index in [4.69, 9.17) is 0 Å². The lowest BCUT2D eigenvalue weighted by molar-refractivity contribution is -0.137. The van der Waals surface area contributed by atoms with Gasteiger partial charge in [-0.3, -0.25) is 0 Å². The van der Waals surface area contributed by atoms with Crippen molar-refractivity contribution >= 4 is 37.5 Å². The molecule has 2 aromatic carbocycles. The third-order valence-corrected chi connectivity index (χ3v) is 5.52. The topological polar surface area (TPSA) is 50.3 Å². The maximum atomic E-state index is 12.7. The molecule has 0 unspecified atom stereocenters. The Kier molecular flexibility index (Phi) is 4.46. The van der Waals surface area contributed by atoms with Gasteiger partial charge in [-0.2, -0.15) is 17.5 Å².